The number of aliphatic hydroxyl groups excluding tert-OH is 1. The number of β-amino-alcohol motifs (C(OH)–C–C–N with tert-alkyl or cyclic N) is 1. The van der Waals surface area contributed by atoms with Gasteiger partial charge < -0.3 is 15.0 Å². The molecule has 0 bridgehead atoms. The van der Waals surface area contributed by atoms with Crippen molar-refractivity contribution in [3.05, 3.63) is 92.6 Å². The van der Waals surface area contributed by atoms with E-state index in [4.69, 9.17) is 0 Å². The lowest BCUT2D eigenvalue weighted by Crippen LogP contribution is -2.48. The highest BCUT2D eigenvalue weighted by Gasteiger charge is 2.23. The number of piperazine rings is 1. The number of nitrogens with zero attached hydrogens (tertiary/aromatic N) is 6. The van der Waals surface area contributed by atoms with Gasteiger partial charge in [-0.15, -0.1) is 0 Å². The fourth-order valence-corrected chi connectivity index (χ4v) is 5.07. The monoisotopic (exact) mass is 517 g/mol. The van der Waals surface area contributed by atoms with E-state index in [1.54, 1.807) is 11.6 Å². The van der Waals surface area contributed by atoms with Crippen LogP contribution in [0, 0.1) is 0 Å². The van der Waals surface area contributed by atoms with Crippen LogP contribution in [0.4, 0.5) is 5.95 Å². The van der Waals surface area contributed by atoms with Crippen LogP contribution < -0.4 is 16.6 Å². The van der Waals surface area contributed by atoms with Crippen LogP contribution in [0.25, 0.3) is 11.2 Å². The minimum Gasteiger partial charge on any atom is -0.390 e. The maximum atomic E-state index is 13.1. The van der Waals surface area contributed by atoms with E-state index in [1.165, 1.54) is 17.2 Å². The predicted molar refractivity (Wildman–Crippen MR) is 148 cm³/mol. The Hall–Kier alpha value is -3.73. The summed E-state index contributed by atoms with van der Waals surface area (Å²) in [6, 6.07) is 20.3. The molecular formula is C28H35N7O3. The summed E-state index contributed by atoms with van der Waals surface area (Å²) in [4.78, 5) is 35.0. The zero-order valence-corrected chi connectivity index (χ0v) is 22.0. The Kier molecular flexibility index (Phi) is 7.73. The molecule has 1 saturated heterocycles. The van der Waals surface area contributed by atoms with E-state index in [-0.39, 0.29) is 6.54 Å². The van der Waals surface area contributed by atoms with E-state index in [0.29, 0.717) is 30.2 Å². The van der Waals surface area contributed by atoms with Gasteiger partial charge >= 0.3 is 5.69 Å². The van der Waals surface area contributed by atoms with Crippen molar-refractivity contribution in [3.8, 4) is 0 Å². The summed E-state index contributed by atoms with van der Waals surface area (Å²) in [5.74, 6) is 0.453. The summed E-state index contributed by atoms with van der Waals surface area (Å²) in [7, 11) is 3.07. The average Bonchev–Trinajstić information content (AvgIpc) is 3.29. The molecule has 38 heavy (non-hydrogen) atoms. The van der Waals surface area contributed by atoms with E-state index < -0.39 is 17.4 Å². The number of fused-ring (bicyclic) bond motifs is 1. The maximum Gasteiger partial charge on any atom is 0.332 e. The number of hydrogen-bond donors (Lipinski definition) is 2. The minimum atomic E-state index is -0.715. The molecule has 0 saturated carbocycles. The summed E-state index contributed by atoms with van der Waals surface area (Å²) in [6.45, 7) is 5.70. The van der Waals surface area contributed by atoms with E-state index >= 15 is 0 Å². The highest BCUT2D eigenvalue weighted by Crippen LogP contribution is 2.18. The lowest BCUT2D eigenvalue weighted by Gasteiger charge is -2.35. The van der Waals surface area contributed by atoms with E-state index in [9.17, 15) is 14.7 Å². The summed E-state index contributed by atoms with van der Waals surface area (Å²) < 4.78 is 4.18. The zero-order chi connectivity index (χ0) is 26.6. The topological polar surface area (TPSA) is 101 Å². The fraction of sp³-hybridized carbons (Fsp3) is 0.393. The number of aliphatic hydroxyl groups is 1. The molecule has 4 aromatic rings. The third kappa shape index (κ3) is 5.57. The van der Waals surface area contributed by atoms with Gasteiger partial charge in [-0.2, -0.15) is 4.98 Å². The number of benzene rings is 2. The van der Waals surface area contributed by atoms with Gasteiger partial charge in [-0.3, -0.25) is 23.7 Å². The highest BCUT2D eigenvalue weighted by atomic mass is 16.3. The van der Waals surface area contributed by atoms with E-state index in [0.717, 1.165) is 42.9 Å². The van der Waals surface area contributed by atoms with Crippen molar-refractivity contribution < 1.29 is 5.11 Å². The van der Waals surface area contributed by atoms with Gasteiger partial charge in [0.1, 0.15) is 0 Å². The molecule has 1 fully saturated rings. The first-order valence-corrected chi connectivity index (χ1v) is 13.0. The average molecular weight is 518 g/mol. The second-order valence-corrected chi connectivity index (χ2v) is 9.98. The summed E-state index contributed by atoms with van der Waals surface area (Å²) in [5, 5.41) is 14.4. The van der Waals surface area contributed by atoms with Crippen LogP contribution in [0.2, 0.25) is 0 Å². The van der Waals surface area contributed by atoms with Crippen molar-refractivity contribution in [1.82, 2.24) is 28.5 Å². The largest absolute Gasteiger partial charge is 0.390 e. The molecule has 0 spiro atoms. The molecule has 3 heterocycles. The number of aromatic nitrogens is 4. The first-order chi connectivity index (χ1) is 18.4. The molecule has 0 radical (unpaired) electrons. The Morgan fingerprint density at radius 2 is 1.45 bits per heavy atom. The van der Waals surface area contributed by atoms with Crippen LogP contribution in [0.5, 0.6) is 0 Å². The van der Waals surface area contributed by atoms with Crippen LogP contribution in [0.1, 0.15) is 11.1 Å². The molecular weight excluding hydrogens is 482 g/mol. The van der Waals surface area contributed by atoms with Crippen molar-refractivity contribution in [3.63, 3.8) is 0 Å². The number of imidazole rings is 1. The Labute approximate surface area is 221 Å². The highest BCUT2D eigenvalue weighted by molar-refractivity contribution is 5.74. The van der Waals surface area contributed by atoms with Gasteiger partial charge in [-0.1, -0.05) is 60.7 Å². The van der Waals surface area contributed by atoms with Gasteiger partial charge in [0, 0.05) is 59.9 Å². The number of aryl methyl sites for hydroxylation is 1. The molecule has 10 nitrogen and oxygen atoms in total. The SMILES string of the molecule is Cn1c(=O)c2c(nc(NCc3ccccc3)n2C[C@H](O)CN2CCN(Cc3ccccc3)CC2)n(C)c1=O. The third-order valence-electron chi connectivity index (χ3n) is 7.22. The first-order valence-electron chi connectivity index (χ1n) is 13.0. The predicted octanol–water partition coefficient (Wildman–Crippen LogP) is 1.22. The number of rotatable bonds is 9. The van der Waals surface area contributed by atoms with Crippen LogP contribution in [-0.4, -0.2) is 72.4 Å². The van der Waals surface area contributed by atoms with Crippen LogP contribution in [0.3, 0.4) is 0 Å². The molecule has 2 aromatic heterocycles. The fourth-order valence-electron chi connectivity index (χ4n) is 5.07. The van der Waals surface area contributed by atoms with E-state index in [1.807, 2.05) is 36.4 Å². The molecule has 0 unspecified atom stereocenters. The lowest BCUT2D eigenvalue weighted by molar-refractivity contribution is 0.0630. The molecule has 2 aromatic carbocycles. The Balaban J connectivity index is 1.31. The van der Waals surface area contributed by atoms with Crippen molar-refractivity contribution in [2.75, 3.05) is 38.0 Å². The van der Waals surface area contributed by atoms with Crippen molar-refractivity contribution in [1.29, 1.82) is 0 Å². The summed E-state index contributed by atoms with van der Waals surface area (Å²) in [6.07, 6.45) is -0.715. The second-order valence-electron chi connectivity index (χ2n) is 9.98. The Bertz CT molecular complexity index is 1490. The van der Waals surface area contributed by atoms with Crippen LogP contribution in [-0.2, 0) is 33.7 Å². The number of hydrogen-bond acceptors (Lipinski definition) is 7. The Morgan fingerprint density at radius 1 is 0.842 bits per heavy atom. The second kappa shape index (κ2) is 11.3. The summed E-state index contributed by atoms with van der Waals surface area (Å²) >= 11 is 0. The molecule has 1 aliphatic heterocycles. The standard InChI is InChI=1S/C28H35N7O3/c1-31-25-24(26(37)32(2)28(31)38)35(27(30-25)29-17-21-9-5-3-6-10-21)20-23(36)19-34-15-13-33(14-16-34)18-22-11-7-4-8-12-22/h3-12,23,36H,13-20H2,1-2H3,(H,29,30)/t23-/m1/s1. The van der Waals surface area contributed by atoms with Gasteiger partial charge in [0.05, 0.1) is 12.6 Å². The van der Waals surface area contributed by atoms with Crippen molar-refractivity contribution >= 4 is 17.1 Å². The molecule has 2 N–H and O–H groups in total. The molecule has 5 rings (SSSR count). The van der Waals surface area contributed by atoms with Crippen molar-refractivity contribution in [2.45, 2.75) is 25.7 Å². The zero-order valence-electron chi connectivity index (χ0n) is 22.0. The molecule has 0 amide bonds. The van der Waals surface area contributed by atoms with Crippen LogP contribution >= 0.6 is 0 Å². The van der Waals surface area contributed by atoms with Crippen molar-refractivity contribution in [2.24, 2.45) is 14.1 Å². The quantitative estimate of drug-likeness (QED) is 0.344. The van der Waals surface area contributed by atoms with Gasteiger partial charge in [0.2, 0.25) is 5.95 Å². The lowest BCUT2D eigenvalue weighted by atomic mass is 10.2. The first kappa shape index (κ1) is 25.9. The van der Waals surface area contributed by atoms with Crippen LogP contribution in [0.15, 0.2) is 70.3 Å². The van der Waals surface area contributed by atoms with Gasteiger partial charge in [0.15, 0.2) is 11.2 Å². The Morgan fingerprint density at radius 3 is 2.11 bits per heavy atom. The number of anilines is 1. The van der Waals surface area contributed by atoms with Gasteiger partial charge in [-0.05, 0) is 11.1 Å². The molecule has 1 atom stereocenters. The minimum absolute atomic E-state index is 0.186. The smallest absolute Gasteiger partial charge is 0.332 e. The van der Waals surface area contributed by atoms with E-state index in [2.05, 4.69) is 44.4 Å². The maximum absolute atomic E-state index is 13.1. The molecule has 1 aliphatic rings. The molecule has 200 valence electrons. The number of nitrogens with one attached hydrogen (secondary N) is 1. The third-order valence-corrected chi connectivity index (χ3v) is 7.22. The van der Waals surface area contributed by atoms with Gasteiger partial charge in [-0.25, -0.2) is 4.79 Å². The molecule has 10 heteroatoms. The molecule has 0 aliphatic carbocycles. The van der Waals surface area contributed by atoms with Gasteiger partial charge in [0.25, 0.3) is 5.56 Å². The normalized spacial score (nSPS) is 15.7. The summed E-state index contributed by atoms with van der Waals surface area (Å²) in [5.41, 5.74) is 2.11.